The Kier molecular flexibility index (Phi) is 7.70. The second-order valence-corrected chi connectivity index (χ2v) is 9.75. The molecule has 0 unspecified atom stereocenters. The van der Waals surface area contributed by atoms with Gasteiger partial charge in [-0.1, -0.05) is 41.9 Å². The van der Waals surface area contributed by atoms with Gasteiger partial charge in [-0.15, -0.1) is 0 Å². The summed E-state index contributed by atoms with van der Waals surface area (Å²) in [7, 11) is -3.47. The highest BCUT2D eigenvalue weighted by molar-refractivity contribution is 7.89. The summed E-state index contributed by atoms with van der Waals surface area (Å²) in [6.07, 6.45) is 4.08. The van der Waals surface area contributed by atoms with E-state index in [4.69, 9.17) is 11.6 Å². The molecular formula is C22H27ClN2O3S. The van der Waals surface area contributed by atoms with E-state index >= 15 is 0 Å². The van der Waals surface area contributed by atoms with Crippen LogP contribution >= 0.6 is 11.6 Å². The van der Waals surface area contributed by atoms with Gasteiger partial charge in [0.1, 0.15) is 0 Å². The van der Waals surface area contributed by atoms with E-state index in [2.05, 4.69) is 10.0 Å². The molecule has 2 aromatic rings. The molecule has 1 amide bonds. The molecule has 1 fully saturated rings. The SMILES string of the molecule is O=C(NCCc1ccc(Cl)cc1)C1CCC(CNS(=O)(=O)c2ccccc2)CC1. The molecule has 0 heterocycles. The number of halogens is 1. The predicted molar refractivity (Wildman–Crippen MR) is 115 cm³/mol. The number of amides is 1. The lowest BCUT2D eigenvalue weighted by atomic mass is 9.81. The lowest BCUT2D eigenvalue weighted by molar-refractivity contribution is -0.126. The Bertz CT molecular complexity index is 893. The third-order valence-electron chi connectivity index (χ3n) is 5.46. The van der Waals surface area contributed by atoms with Crippen molar-refractivity contribution in [3.63, 3.8) is 0 Å². The van der Waals surface area contributed by atoms with Crippen LogP contribution in [0.1, 0.15) is 31.2 Å². The topological polar surface area (TPSA) is 75.3 Å². The number of sulfonamides is 1. The number of nitrogens with one attached hydrogen (secondary N) is 2. The molecule has 0 atom stereocenters. The Morgan fingerprint density at radius 1 is 0.966 bits per heavy atom. The highest BCUT2D eigenvalue weighted by atomic mass is 35.5. The molecular weight excluding hydrogens is 408 g/mol. The maximum atomic E-state index is 12.4. The van der Waals surface area contributed by atoms with Crippen molar-refractivity contribution in [1.29, 1.82) is 0 Å². The molecule has 0 spiro atoms. The van der Waals surface area contributed by atoms with Crippen molar-refractivity contribution in [3.05, 3.63) is 65.2 Å². The van der Waals surface area contributed by atoms with Gasteiger partial charge in [0, 0.05) is 24.0 Å². The maximum Gasteiger partial charge on any atom is 0.240 e. The van der Waals surface area contributed by atoms with Crippen molar-refractivity contribution in [1.82, 2.24) is 10.0 Å². The van der Waals surface area contributed by atoms with E-state index in [-0.39, 0.29) is 22.6 Å². The second-order valence-electron chi connectivity index (χ2n) is 7.55. The summed E-state index contributed by atoms with van der Waals surface area (Å²) in [5.41, 5.74) is 1.14. The fourth-order valence-electron chi connectivity index (χ4n) is 3.66. The van der Waals surface area contributed by atoms with Crippen molar-refractivity contribution >= 4 is 27.5 Å². The lowest BCUT2D eigenvalue weighted by Gasteiger charge is -2.27. The third kappa shape index (κ3) is 6.56. The van der Waals surface area contributed by atoms with Gasteiger partial charge in [0.15, 0.2) is 0 Å². The summed E-state index contributed by atoms with van der Waals surface area (Å²) in [5, 5.41) is 3.73. The Hall–Kier alpha value is -1.89. The summed E-state index contributed by atoms with van der Waals surface area (Å²) in [6, 6.07) is 16.0. The van der Waals surface area contributed by atoms with E-state index in [1.54, 1.807) is 30.3 Å². The zero-order chi connectivity index (χ0) is 20.7. The molecule has 0 bridgehead atoms. The van der Waals surface area contributed by atoms with Gasteiger partial charge >= 0.3 is 0 Å². The molecule has 0 radical (unpaired) electrons. The van der Waals surface area contributed by atoms with Gasteiger partial charge in [0.25, 0.3) is 0 Å². The van der Waals surface area contributed by atoms with Crippen LogP contribution in [0.5, 0.6) is 0 Å². The first-order chi connectivity index (χ1) is 13.9. The van der Waals surface area contributed by atoms with E-state index in [1.165, 1.54) is 0 Å². The molecule has 0 saturated heterocycles. The number of carbonyl (C=O) groups is 1. The molecule has 2 aromatic carbocycles. The van der Waals surface area contributed by atoms with Crippen molar-refractivity contribution in [3.8, 4) is 0 Å². The zero-order valence-electron chi connectivity index (χ0n) is 16.3. The number of hydrogen-bond donors (Lipinski definition) is 2. The molecule has 156 valence electrons. The Morgan fingerprint density at radius 3 is 2.28 bits per heavy atom. The molecule has 29 heavy (non-hydrogen) atoms. The normalized spacial score (nSPS) is 19.6. The number of hydrogen-bond acceptors (Lipinski definition) is 3. The second kappa shape index (κ2) is 10.2. The van der Waals surface area contributed by atoms with Crippen LogP contribution in [-0.2, 0) is 21.2 Å². The Labute approximate surface area is 177 Å². The van der Waals surface area contributed by atoms with E-state index in [9.17, 15) is 13.2 Å². The van der Waals surface area contributed by atoms with Gasteiger partial charge < -0.3 is 5.32 Å². The minimum absolute atomic E-state index is 0.0159. The molecule has 7 heteroatoms. The summed E-state index contributed by atoms with van der Waals surface area (Å²) in [5.74, 6) is 0.385. The summed E-state index contributed by atoms with van der Waals surface area (Å²) in [6.45, 7) is 1.03. The largest absolute Gasteiger partial charge is 0.356 e. The highest BCUT2D eigenvalue weighted by Gasteiger charge is 2.27. The molecule has 3 rings (SSSR count). The van der Waals surface area contributed by atoms with Gasteiger partial charge in [-0.3, -0.25) is 4.79 Å². The number of rotatable bonds is 8. The van der Waals surface area contributed by atoms with Crippen LogP contribution < -0.4 is 10.0 Å². The predicted octanol–water partition coefficient (Wildman–Crippen LogP) is 3.78. The molecule has 1 aliphatic carbocycles. The number of benzene rings is 2. The Balaban J connectivity index is 1.37. The fourth-order valence-corrected chi connectivity index (χ4v) is 4.93. The molecule has 0 aliphatic heterocycles. The quantitative estimate of drug-likeness (QED) is 0.663. The zero-order valence-corrected chi connectivity index (χ0v) is 17.9. The maximum absolute atomic E-state index is 12.4. The molecule has 1 aliphatic rings. The smallest absolute Gasteiger partial charge is 0.240 e. The van der Waals surface area contributed by atoms with Crippen LogP contribution in [0.2, 0.25) is 5.02 Å². The van der Waals surface area contributed by atoms with Crippen molar-refractivity contribution < 1.29 is 13.2 Å². The van der Waals surface area contributed by atoms with Crippen LogP contribution in [-0.4, -0.2) is 27.4 Å². The van der Waals surface area contributed by atoms with Crippen LogP contribution in [0.25, 0.3) is 0 Å². The summed E-state index contributed by atoms with van der Waals surface area (Å²) < 4.78 is 27.3. The monoisotopic (exact) mass is 434 g/mol. The minimum Gasteiger partial charge on any atom is -0.356 e. The van der Waals surface area contributed by atoms with E-state index in [0.29, 0.717) is 18.1 Å². The summed E-state index contributed by atoms with van der Waals surface area (Å²) in [4.78, 5) is 12.7. The highest BCUT2D eigenvalue weighted by Crippen LogP contribution is 2.28. The first kappa shape index (κ1) is 21.8. The van der Waals surface area contributed by atoms with Gasteiger partial charge in [-0.2, -0.15) is 0 Å². The molecule has 5 nitrogen and oxygen atoms in total. The average Bonchev–Trinajstić information content (AvgIpc) is 2.75. The van der Waals surface area contributed by atoms with Crippen LogP contribution in [0, 0.1) is 11.8 Å². The minimum atomic E-state index is -3.47. The first-order valence-corrected chi connectivity index (χ1v) is 11.9. The molecule has 1 saturated carbocycles. The summed E-state index contributed by atoms with van der Waals surface area (Å²) >= 11 is 5.88. The van der Waals surface area contributed by atoms with Crippen molar-refractivity contribution in [2.75, 3.05) is 13.1 Å². The third-order valence-corrected chi connectivity index (χ3v) is 7.15. The standard InChI is InChI=1S/C22H27ClN2O3S/c23-20-12-8-17(9-13-20)14-15-24-22(26)19-10-6-18(7-11-19)16-25-29(27,28)21-4-2-1-3-5-21/h1-5,8-9,12-13,18-19,25H,6-7,10-11,14-16H2,(H,24,26). The van der Waals surface area contributed by atoms with Crippen LogP contribution in [0.3, 0.4) is 0 Å². The van der Waals surface area contributed by atoms with Gasteiger partial charge in [-0.05, 0) is 67.9 Å². The average molecular weight is 435 g/mol. The number of carbonyl (C=O) groups excluding carboxylic acids is 1. The Morgan fingerprint density at radius 2 is 1.62 bits per heavy atom. The van der Waals surface area contributed by atoms with Crippen molar-refractivity contribution in [2.45, 2.75) is 37.0 Å². The van der Waals surface area contributed by atoms with Gasteiger partial charge in [-0.25, -0.2) is 13.1 Å². The first-order valence-electron chi connectivity index (χ1n) is 10.0. The van der Waals surface area contributed by atoms with Gasteiger partial charge in [0.05, 0.1) is 4.90 Å². The molecule has 0 aromatic heterocycles. The van der Waals surface area contributed by atoms with Gasteiger partial charge in [0.2, 0.25) is 15.9 Å². The van der Waals surface area contributed by atoms with E-state index in [1.807, 2.05) is 24.3 Å². The molecule has 2 N–H and O–H groups in total. The van der Waals surface area contributed by atoms with E-state index in [0.717, 1.165) is 37.7 Å². The fraction of sp³-hybridized carbons (Fsp3) is 0.409. The van der Waals surface area contributed by atoms with Crippen LogP contribution in [0.4, 0.5) is 0 Å². The van der Waals surface area contributed by atoms with Crippen molar-refractivity contribution in [2.24, 2.45) is 11.8 Å². The van der Waals surface area contributed by atoms with Crippen LogP contribution in [0.15, 0.2) is 59.5 Å². The van der Waals surface area contributed by atoms with E-state index < -0.39 is 10.0 Å². The lowest BCUT2D eigenvalue weighted by Crippen LogP contribution is -2.36.